The van der Waals surface area contributed by atoms with Crippen LogP contribution in [0, 0.1) is 11.3 Å². The first-order valence-corrected chi connectivity index (χ1v) is 10.2. The number of carbonyl (C=O) groups is 2. The zero-order valence-corrected chi connectivity index (χ0v) is 16.2. The second-order valence-electron chi connectivity index (χ2n) is 8.05. The van der Waals surface area contributed by atoms with Crippen LogP contribution in [0.2, 0.25) is 0 Å². The third kappa shape index (κ3) is 4.20. The molecule has 2 amide bonds. The van der Waals surface area contributed by atoms with Gasteiger partial charge in [-0.05, 0) is 30.9 Å². The van der Waals surface area contributed by atoms with Gasteiger partial charge in [0.2, 0.25) is 11.8 Å². The zero-order chi connectivity index (χ0) is 18.0. The predicted octanol–water partition coefficient (Wildman–Crippen LogP) is 3.62. The first kappa shape index (κ1) is 18.3. The third-order valence-corrected chi connectivity index (χ3v) is 6.19. The minimum absolute atomic E-state index is 0.0192. The number of hydrogen-bond donors (Lipinski definition) is 1. The number of rotatable bonds is 2. The van der Waals surface area contributed by atoms with E-state index in [-0.39, 0.29) is 29.2 Å². The van der Waals surface area contributed by atoms with E-state index in [0.717, 1.165) is 25.0 Å². The number of piperidine rings is 1. The van der Waals surface area contributed by atoms with Crippen LogP contribution in [-0.4, -0.2) is 35.6 Å². The molecule has 0 radical (unpaired) electrons. The minimum atomic E-state index is -0.349. The Morgan fingerprint density at radius 1 is 1.12 bits per heavy atom. The van der Waals surface area contributed by atoms with Gasteiger partial charge < -0.3 is 10.2 Å². The highest BCUT2D eigenvalue weighted by molar-refractivity contribution is 7.99. The number of amides is 2. The Bertz CT molecular complexity index is 645. The number of carbonyl (C=O) groups excluding carboxylic acids is 2. The van der Waals surface area contributed by atoms with Gasteiger partial charge in [-0.1, -0.05) is 39.0 Å². The van der Waals surface area contributed by atoms with Crippen LogP contribution < -0.4 is 5.32 Å². The lowest BCUT2D eigenvalue weighted by molar-refractivity contribution is -0.142. The van der Waals surface area contributed by atoms with Crippen molar-refractivity contribution in [3.05, 3.63) is 29.8 Å². The quantitative estimate of drug-likeness (QED) is 0.876. The molecule has 1 fully saturated rings. The van der Waals surface area contributed by atoms with Gasteiger partial charge in [-0.3, -0.25) is 9.59 Å². The molecule has 136 valence electrons. The Hall–Kier alpha value is -1.49. The van der Waals surface area contributed by atoms with E-state index in [1.807, 2.05) is 43.5 Å². The summed E-state index contributed by atoms with van der Waals surface area (Å²) < 4.78 is 0. The van der Waals surface area contributed by atoms with E-state index < -0.39 is 0 Å². The van der Waals surface area contributed by atoms with Crippen molar-refractivity contribution >= 4 is 23.6 Å². The largest absolute Gasteiger partial charge is 0.349 e. The monoisotopic (exact) mass is 360 g/mol. The Morgan fingerprint density at radius 3 is 2.48 bits per heavy atom. The molecule has 0 bridgehead atoms. The molecule has 1 N–H and O–H groups in total. The fraction of sp³-hybridized carbons (Fsp3) is 0.600. The second kappa shape index (κ2) is 7.40. The normalized spacial score (nSPS) is 21.6. The molecule has 1 aromatic carbocycles. The van der Waals surface area contributed by atoms with Crippen molar-refractivity contribution in [1.82, 2.24) is 10.2 Å². The Kier molecular flexibility index (Phi) is 5.42. The van der Waals surface area contributed by atoms with Gasteiger partial charge in [-0.25, -0.2) is 0 Å². The maximum Gasteiger partial charge on any atom is 0.227 e. The van der Waals surface area contributed by atoms with Crippen molar-refractivity contribution in [3.63, 3.8) is 0 Å². The van der Waals surface area contributed by atoms with Gasteiger partial charge in [0.05, 0.1) is 6.04 Å². The van der Waals surface area contributed by atoms with E-state index in [9.17, 15) is 9.59 Å². The van der Waals surface area contributed by atoms with Crippen molar-refractivity contribution < 1.29 is 9.59 Å². The smallest absolute Gasteiger partial charge is 0.227 e. The number of fused-ring (bicyclic) bond motifs is 1. The zero-order valence-electron chi connectivity index (χ0n) is 15.4. The number of benzene rings is 1. The van der Waals surface area contributed by atoms with E-state index in [2.05, 4.69) is 23.5 Å². The number of nitrogens with one attached hydrogen (secondary N) is 1. The lowest BCUT2D eigenvalue weighted by atomic mass is 9.90. The van der Waals surface area contributed by atoms with Gasteiger partial charge in [0.25, 0.3) is 0 Å². The summed E-state index contributed by atoms with van der Waals surface area (Å²) in [6, 6.07) is 8.48. The van der Waals surface area contributed by atoms with Crippen LogP contribution in [0.4, 0.5) is 0 Å². The standard InChI is InChI=1S/C20H28N2O2S/c1-20(2,3)19(24)22-11-8-14(9-12-22)18(23)21-16-10-13-25-17-7-5-4-6-15(16)17/h4-7,14,16H,8-13H2,1-3H3,(H,21,23)/t16-/m0/s1. The van der Waals surface area contributed by atoms with Gasteiger partial charge in [0.1, 0.15) is 0 Å². The lowest BCUT2D eigenvalue weighted by Crippen LogP contribution is -2.47. The van der Waals surface area contributed by atoms with Gasteiger partial charge >= 0.3 is 0 Å². The van der Waals surface area contributed by atoms with Crippen molar-refractivity contribution in [2.75, 3.05) is 18.8 Å². The SMILES string of the molecule is CC(C)(C)C(=O)N1CCC(C(=O)N[C@H]2CCSc3ccccc32)CC1. The van der Waals surface area contributed by atoms with E-state index in [4.69, 9.17) is 0 Å². The molecule has 5 heteroatoms. The van der Waals surface area contributed by atoms with Gasteiger partial charge in [-0.2, -0.15) is 0 Å². The molecule has 4 nitrogen and oxygen atoms in total. The molecule has 0 aromatic heterocycles. The Balaban J connectivity index is 1.57. The summed E-state index contributed by atoms with van der Waals surface area (Å²) >= 11 is 1.87. The topological polar surface area (TPSA) is 49.4 Å². The summed E-state index contributed by atoms with van der Waals surface area (Å²) in [6.07, 6.45) is 2.50. The third-order valence-electron chi connectivity index (χ3n) is 5.07. The predicted molar refractivity (Wildman–Crippen MR) is 101 cm³/mol. The maximum atomic E-state index is 12.7. The highest BCUT2D eigenvalue weighted by Gasteiger charge is 2.33. The average Bonchev–Trinajstić information content (AvgIpc) is 2.61. The number of thioether (sulfide) groups is 1. The summed E-state index contributed by atoms with van der Waals surface area (Å²) in [5, 5.41) is 3.26. The lowest BCUT2D eigenvalue weighted by Gasteiger charge is -2.36. The van der Waals surface area contributed by atoms with Crippen LogP contribution in [0.15, 0.2) is 29.2 Å². The van der Waals surface area contributed by atoms with Gasteiger partial charge in [0, 0.05) is 35.1 Å². The van der Waals surface area contributed by atoms with Crippen molar-refractivity contribution in [2.45, 2.75) is 51.0 Å². The summed E-state index contributed by atoms with van der Waals surface area (Å²) in [5.74, 6) is 1.39. The Morgan fingerprint density at radius 2 is 1.80 bits per heavy atom. The van der Waals surface area contributed by atoms with Crippen LogP contribution in [0.5, 0.6) is 0 Å². The Labute approximate surface area is 154 Å². The van der Waals surface area contributed by atoms with E-state index in [1.165, 1.54) is 10.5 Å². The second-order valence-corrected chi connectivity index (χ2v) is 9.19. The van der Waals surface area contributed by atoms with Crippen LogP contribution in [0.25, 0.3) is 0 Å². The highest BCUT2D eigenvalue weighted by atomic mass is 32.2. The first-order chi connectivity index (χ1) is 11.9. The molecular weight excluding hydrogens is 332 g/mol. The molecular formula is C20H28N2O2S. The molecule has 25 heavy (non-hydrogen) atoms. The fourth-order valence-electron chi connectivity index (χ4n) is 3.60. The molecule has 0 unspecified atom stereocenters. The van der Waals surface area contributed by atoms with Crippen molar-refractivity contribution in [1.29, 1.82) is 0 Å². The average molecular weight is 361 g/mol. The molecule has 3 rings (SSSR count). The molecule has 0 aliphatic carbocycles. The van der Waals surface area contributed by atoms with Crippen molar-refractivity contribution in [2.24, 2.45) is 11.3 Å². The van der Waals surface area contributed by atoms with Crippen LogP contribution in [0.3, 0.4) is 0 Å². The maximum absolute atomic E-state index is 12.7. The van der Waals surface area contributed by atoms with E-state index >= 15 is 0 Å². The van der Waals surface area contributed by atoms with E-state index in [0.29, 0.717) is 13.1 Å². The fourth-order valence-corrected chi connectivity index (χ4v) is 4.73. The van der Waals surface area contributed by atoms with Gasteiger partial charge in [0.15, 0.2) is 0 Å². The highest BCUT2D eigenvalue weighted by Crippen LogP contribution is 2.36. The molecule has 1 aromatic rings. The molecule has 2 aliphatic rings. The van der Waals surface area contributed by atoms with Crippen LogP contribution >= 0.6 is 11.8 Å². The molecule has 1 atom stereocenters. The number of nitrogens with zero attached hydrogens (tertiary/aromatic N) is 1. The van der Waals surface area contributed by atoms with E-state index in [1.54, 1.807) is 0 Å². The first-order valence-electron chi connectivity index (χ1n) is 9.18. The summed E-state index contributed by atoms with van der Waals surface area (Å²) in [4.78, 5) is 28.3. The molecule has 2 aliphatic heterocycles. The number of likely N-dealkylation sites (tertiary alicyclic amines) is 1. The van der Waals surface area contributed by atoms with Crippen LogP contribution in [0.1, 0.15) is 51.6 Å². The summed E-state index contributed by atoms with van der Waals surface area (Å²) in [6.45, 7) is 7.22. The molecule has 0 spiro atoms. The minimum Gasteiger partial charge on any atom is -0.349 e. The van der Waals surface area contributed by atoms with Gasteiger partial charge in [-0.15, -0.1) is 11.8 Å². The molecule has 1 saturated heterocycles. The molecule has 0 saturated carbocycles. The molecule has 2 heterocycles. The summed E-state index contributed by atoms with van der Waals surface area (Å²) in [5.41, 5.74) is 0.894. The summed E-state index contributed by atoms with van der Waals surface area (Å²) in [7, 11) is 0. The number of hydrogen-bond acceptors (Lipinski definition) is 3. The van der Waals surface area contributed by atoms with Crippen molar-refractivity contribution in [3.8, 4) is 0 Å². The van der Waals surface area contributed by atoms with Crippen LogP contribution in [-0.2, 0) is 9.59 Å².